The molecule has 0 saturated heterocycles. The second-order valence-electron chi connectivity index (χ2n) is 21.1. The van der Waals surface area contributed by atoms with Crippen molar-refractivity contribution in [2.24, 2.45) is 0 Å². The molecule has 0 fully saturated rings. The minimum atomic E-state index is 0.459. The van der Waals surface area contributed by atoms with Gasteiger partial charge in [0.1, 0.15) is 0 Å². The van der Waals surface area contributed by atoms with Crippen LogP contribution in [0, 0.1) is 0 Å². The molecule has 7 heterocycles. The lowest BCUT2D eigenvalue weighted by molar-refractivity contribution is 1.07. The number of pyridine rings is 4. The van der Waals surface area contributed by atoms with Gasteiger partial charge >= 0.3 is 0 Å². The predicted octanol–water partition coefficient (Wildman–Crippen LogP) is 16.8. The quantitative estimate of drug-likeness (QED) is 0.112. The monoisotopic (exact) mass is 1130 g/mol. The number of hydrogen-bond acceptors (Lipinski definition) is 13. The Morgan fingerprint density at radius 2 is 0.409 bits per heavy atom. The van der Waals surface area contributed by atoms with Gasteiger partial charge in [0, 0.05) is 96.4 Å². The summed E-state index contributed by atoms with van der Waals surface area (Å²) in [5.41, 5.74) is 14.5. The van der Waals surface area contributed by atoms with Crippen molar-refractivity contribution < 1.29 is 0 Å². The van der Waals surface area contributed by atoms with E-state index in [4.69, 9.17) is 64.8 Å². The molecule has 7 aromatic heterocycles. The molecule has 0 atom stereocenters. The Bertz CT molecular complexity index is 4870. The van der Waals surface area contributed by atoms with Crippen molar-refractivity contribution in [2.75, 3.05) is 0 Å². The van der Waals surface area contributed by atoms with Crippen LogP contribution in [0.25, 0.3) is 168 Å². The molecule has 0 aliphatic heterocycles. The first kappa shape index (κ1) is 51.3. The first-order chi connectivity index (χ1) is 43.6. The van der Waals surface area contributed by atoms with Gasteiger partial charge in [0.05, 0.1) is 22.1 Å². The molecule has 16 aromatic rings. The normalized spacial score (nSPS) is 11.4. The Morgan fingerprint density at radius 3 is 0.705 bits per heavy atom. The zero-order chi connectivity index (χ0) is 58.3. The topological polar surface area (TPSA) is 168 Å². The molecule has 0 aliphatic rings. The van der Waals surface area contributed by atoms with Crippen LogP contribution in [0.15, 0.2) is 274 Å². The SMILES string of the molecule is c1ccc(-c2nc(-c3ccccc3)nc(-c3ccc(-c4nc(-c5ccc(-c6nc(-c7ccccc7)nc(-c7ccccc7)n6)cc5)nc(-c5cc(-c6cc7cccnc7c7ncccc67)cc(-c6cc7cccnc7c7ncccc67)c5)n4)cc3)n2)cc1. The van der Waals surface area contributed by atoms with Crippen LogP contribution in [0.2, 0.25) is 0 Å². The van der Waals surface area contributed by atoms with E-state index < -0.39 is 0 Å². The molecule has 16 rings (SSSR count). The van der Waals surface area contributed by atoms with Crippen molar-refractivity contribution in [1.29, 1.82) is 0 Å². The summed E-state index contributed by atoms with van der Waals surface area (Å²) in [6.07, 6.45) is 7.26. The molecule has 13 nitrogen and oxygen atoms in total. The Labute approximate surface area is 504 Å². The van der Waals surface area contributed by atoms with E-state index in [1.807, 2.05) is 219 Å². The third-order valence-electron chi connectivity index (χ3n) is 15.6. The molecule has 410 valence electrons. The van der Waals surface area contributed by atoms with E-state index in [9.17, 15) is 0 Å². The van der Waals surface area contributed by atoms with Gasteiger partial charge in [-0.2, -0.15) is 0 Å². The standard InChI is InChI=1S/C75H45N13/c1-5-17-46(18-6-1)67-80-68(47-19-7-2-8-20-47)83-71(82-67)50-29-33-52(34-30-50)73-86-74(53-35-31-51(32-36-53)72-84-69(48-21-9-3-10-22-48)81-70(85-72)49-23-11-4-12-24-49)88-75(87-73)58-42-56(61-44-54-25-13-37-76-63(54)65-59(61)27-15-39-78-65)41-57(43-58)62-45-55-26-14-38-77-64(55)66-60(62)28-16-40-79-66/h1-45H. The summed E-state index contributed by atoms with van der Waals surface area (Å²) in [4.78, 5) is 65.5. The zero-order valence-corrected chi connectivity index (χ0v) is 46.8. The van der Waals surface area contributed by atoms with Gasteiger partial charge in [-0.05, 0) is 76.9 Å². The van der Waals surface area contributed by atoms with Crippen LogP contribution in [-0.4, -0.2) is 64.8 Å². The molecular formula is C75H45N13. The van der Waals surface area contributed by atoms with Gasteiger partial charge in [-0.15, -0.1) is 0 Å². The highest BCUT2D eigenvalue weighted by molar-refractivity contribution is 6.13. The minimum absolute atomic E-state index is 0.459. The lowest BCUT2D eigenvalue weighted by Crippen LogP contribution is -2.02. The summed E-state index contributed by atoms with van der Waals surface area (Å²) in [6, 6.07) is 83.1. The summed E-state index contributed by atoms with van der Waals surface area (Å²) >= 11 is 0. The van der Waals surface area contributed by atoms with E-state index in [1.165, 1.54) is 0 Å². The molecule has 0 aliphatic carbocycles. The predicted molar refractivity (Wildman–Crippen MR) is 348 cm³/mol. The van der Waals surface area contributed by atoms with Crippen LogP contribution in [0.3, 0.4) is 0 Å². The van der Waals surface area contributed by atoms with Crippen LogP contribution in [0.4, 0.5) is 0 Å². The molecule has 0 amide bonds. The third kappa shape index (κ3) is 9.75. The lowest BCUT2D eigenvalue weighted by atomic mass is 9.91. The molecule has 0 unspecified atom stereocenters. The summed E-state index contributed by atoms with van der Waals surface area (Å²) in [5.74, 6) is 4.75. The molecule has 88 heavy (non-hydrogen) atoms. The minimum Gasteiger partial charge on any atom is -0.254 e. The number of hydrogen-bond donors (Lipinski definition) is 0. The second-order valence-corrected chi connectivity index (χ2v) is 21.1. The molecule has 0 N–H and O–H groups in total. The molecule has 0 saturated carbocycles. The second kappa shape index (κ2) is 22.0. The number of nitrogens with zero attached hydrogens (tertiary/aromatic N) is 13. The molecule has 9 aromatic carbocycles. The van der Waals surface area contributed by atoms with Crippen molar-refractivity contribution in [2.45, 2.75) is 0 Å². The number of rotatable bonds is 11. The first-order valence-corrected chi connectivity index (χ1v) is 28.7. The average molecular weight is 1130 g/mol. The first-order valence-electron chi connectivity index (χ1n) is 28.7. The zero-order valence-electron chi connectivity index (χ0n) is 46.8. The highest BCUT2D eigenvalue weighted by atomic mass is 15.1. The smallest absolute Gasteiger partial charge is 0.164 e. The van der Waals surface area contributed by atoms with Gasteiger partial charge in [-0.25, -0.2) is 44.9 Å². The maximum Gasteiger partial charge on any atom is 0.164 e. The van der Waals surface area contributed by atoms with Crippen molar-refractivity contribution in [3.05, 3.63) is 274 Å². The van der Waals surface area contributed by atoms with Crippen LogP contribution in [0.5, 0.6) is 0 Å². The van der Waals surface area contributed by atoms with E-state index >= 15 is 0 Å². The largest absolute Gasteiger partial charge is 0.254 e. The van der Waals surface area contributed by atoms with E-state index in [-0.39, 0.29) is 0 Å². The summed E-state index contributed by atoms with van der Waals surface area (Å²) in [6.45, 7) is 0. The fourth-order valence-electron chi connectivity index (χ4n) is 11.3. The summed E-state index contributed by atoms with van der Waals surface area (Å²) in [7, 11) is 0. The molecule has 0 radical (unpaired) electrons. The summed E-state index contributed by atoms with van der Waals surface area (Å²) in [5, 5.41) is 3.85. The lowest BCUT2D eigenvalue weighted by Gasteiger charge is -2.16. The van der Waals surface area contributed by atoms with E-state index in [1.54, 1.807) is 0 Å². The number of fused-ring (bicyclic) bond motifs is 6. The van der Waals surface area contributed by atoms with E-state index in [2.05, 4.69) is 54.6 Å². The number of benzene rings is 9. The van der Waals surface area contributed by atoms with Crippen molar-refractivity contribution in [1.82, 2.24) is 64.8 Å². The van der Waals surface area contributed by atoms with Gasteiger partial charge in [-0.3, -0.25) is 19.9 Å². The van der Waals surface area contributed by atoms with Crippen molar-refractivity contribution in [3.63, 3.8) is 0 Å². The Morgan fingerprint density at radius 1 is 0.170 bits per heavy atom. The van der Waals surface area contributed by atoms with Gasteiger partial charge < -0.3 is 0 Å². The van der Waals surface area contributed by atoms with Crippen LogP contribution in [0.1, 0.15) is 0 Å². The van der Waals surface area contributed by atoms with Crippen LogP contribution < -0.4 is 0 Å². The van der Waals surface area contributed by atoms with Crippen molar-refractivity contribution in [3.8, 4) is 125 Å². The highest BCUT2D eigenvalue weighted by Gasteiger charge is 2.21. The molecule has 13 heteroatoms. The molecule has 0 spiro atoms. The van der Waals surface area contributed by atoms with Gasteiger partial charge in [0.15, 0.2) is 52.4 Å². The maximum atomic E-state index is 5.41. The van der Waals surface area contributed by atoms with Gasteiger partial charge in [0.25, 0.3) is 0 Å². The molecular weight excluding hydrogens is 1080 g/mol. The van der Waals surface area contributed by atoms with Crippen molar-refractivity contribution >= 4 is 43.6 Å². The molecule has 0 bridgehead atoms. The average Bonchev–Trinajstić information content (AvgIpc) is 1.48. The van der Waals surface area contributed by atoms with E-state index in [0.29, 0.717) is 52.4 Å². The fraction of sp³-hybridized carbons (Fsp3) is 0. The summed E-state index contributed by atoms with van der Waals surface area (Å²) < 4.78 is 0. The van der Waals surface area contributed by atoms with Gasteiger partial charge in [0.2, 0.25) is 0 Å². The third-order valence-corrected chi connectivity index (χ3v) is 15.6. The van der Waals surface area contributed by atoms with E-state index in [0.717, 1.165) is 116 Å². The Balaban J connectivity index is 0.886. The Hall–Kier alpha value is -12.4. The number of aromatic nitrogens is 13. The van der Waals surface area contributed by atoms with Gasteiger partial charge in [-0.1, -0.05) is 194 Å². The maximum absolute atomic E-state index is 5.41. The van der Waals surface area contributed by atoms with Crippen LogP contribution in [-0.2, 0) is 0 Å². The van der Waals surface area contributed by atoms with Crippen LogP contribution >= 0.6 is 0 Å². The fourth-order valence-corrected chi connectivity index (χ4v) is 11.3. The highest BCUT2D eigenvalue weighted by Crippen LogP contribution is 2.41. The Kier molecular flexibility index (Phi) is 12.8.